The Kier molecular flexibility index (Phi) is 4.27. The van der Waals surface area contributed by atoms with Gasteiger partial charge in [-0.05, 0) is 47.1 Å². The summed E-state index contributed by atoms with van der Waals surface area (Å²) in [6, 6.07) is 0.439. The number of nitrogens with one attached hydrogen (secondary N) is 1. The molecule has 86 valence electrons. The first-order valence-corrected chi connectivity index (χ1v) is 5.58. The molecule has 1 aromatic rings. The first-order valence-electron chi connectivity index (χ1n) is 5.58. The molecule has 1 aromatic heterocycles. The summed E-state index contributed by atoms with van der Waals surface area (Å²) >= 11 is 0. The summed E-state index contributed by atoms with van der Waals surface area (Å²) in [5, 5.41) is 7.61. The van der Waals surface area contributed by atoms with Gasteiger partial charge in [0.1, 0.15) is 12.7 Å². The quantitative estimate of drug-likeness (QED) is 0.756. The molecule has 1 atom stereocenters. The van der Waals surface area contributed by atoms with Crippen LogP contribution in [-0.4, -0.2) is 26.8 Å². The molecule has 4 nitrogen and oxygen atoms in total. The van der Waals surface area contributed by atoms with Crippen molar-refractivity contribution in [1.82, 2.24) is 20.1 Å². The van der Waals surface area contributed by atoms with E-state index in [4.69, 9.17) is 0 Å². The fourth-order valence-electron chi connectivity index (χ4n) is 1.44. The Morgan fingerprint density at radius 3 is 2.67 bits per heavy atom. The van der Waals surface area contributed by atoms with Gasteiger partial charge in [-0.1, -0.05) is 0 Å². The van der Waals surface area contributed by atoms with Crippen LogP contribution in [0.2, 0.25) is 0 Å². The van der Waals surface area contributed by atoms with Crippen LogP contribution in [0, 0.1) is 0 Å². The number of nitrogens with zero attached hydrogens (tertiary/aromatic N) is 3. The first kappa shape index (κ1) is 12.2. The summed E-state index contributed by atoms with van der Waals surface area (Å²) < 4.78 is 1.91. The van der Waals surface area contributed by atoms with Gasteiger partial charge in [-0.25, -0.2) is 4.98 Å². The highest BCUT2D eigenvalue weighted by Crippen LogP contribution is 2.10. The highest BCUT2D eigenvalue weighted by Gasteiger charge is 2.09. The average Bonchev–Trinajstić information content (AvgIpc) is 2.63. The van der Waals surface area contributed by atoms with Crippen LogP contribution in [0.3, 0.4) is 0 Å². The van der Waals surface area contributed by atoms with Gasteiger partial charge in [0.15, 0.2) is 0 Å². The molecule has 15 heavy (non-hydrogen) atoms. The minimum absolute atomic E-state index is 0.219. The lowest BCUT2D eigenvalue weighted by Crippen LogP contribution is -2.36. The SMILES string of the molecule is CC(CCCNC(C)(C)C)n1cncn1. The van der Waals surface area contributed by atoms with E-state index < -0.39 is 0 Å². The van der Waals surface area contributed by atoms with Crippen LogP contribution in [0.5, 0.6) is 0 Å². The molecule has 0 saturated heterocycles. The van der Waals surface area contributed by atoms with E-state index in [2.05, 4.69) is 43.1 Å². The van der Waals surface area contributed by atoms with Gasteiger partial charge in [-0.2, -0.15) is 5.10 Å². The highest BCUT2D eigenvalue weighted by molar-refractivity contribution is 4.71. The zero-order chi connectivity index (χ0) is 11.3. The van der Waals surface area contributed by atoms with E-state index in [0.29, 0.717) is 6.04 Å². The minimum Gasteiger partial charge on any atom is -0.312 e. The molecule has 0 aliphatic heterocycles. The lowest BCUT2D eigenvalue weighted by Gasteiger charge is -2.21. The molecule has 0 bridgehead atoms. The lowest BCUT2D eigenvalue weighted by molar-refractivity contribution is 0.390. The van der Waals surface area contributed by atoms with E-state index in [1.54, 1.807) is 12.7 Å². The Morgan fingerprint density at radius 2 is 2.13 bits per heavy atom. The molecule has 0 aliphatic carbocycles. The maximum atomic E-state index is 4.13. The van der Waals surface area contributed by atoms with Crippen LogP contribution < -0.4 is 5.32 Å². The lowest BCUT2D eigenvalue weighted by atomic mass is 10.1. The molecule has 1 unspecified atom stereocenters. The van der Waals surface area contributed by atoms with Gasteiger partial charge in [0.25, 0.3) is 0 Å². The molecule has 0 saturated carbocycles. The van der Waals surface area contributed by atoms with Gasteiger partial charge < -0.3 is 5.32 Å². The summed E-state index contributed by atoms with van der Waals surface area (Å²) in [6.07, 6.45) is 5.66. The van der Waals surface area contributed by atoms with Crippen molar-refractivity contribution in [1.29, 1.82) is 0 Å². The van der Waals surface area contributed by atoms with Crippen LogP contribution in [0.1, 0.15) is 46.6 Å². The summed E-state index contributed by atoms with van der Waals surface area (Å²) in [4.78, 5) is 3.95. The van der Waals surface area contributed by atoms with Crippen LogP contribution >= 0.6 is 0 Å². The van der Waals surface area contributed by atoms with Crippen LogP contribution in [0.4, 0.5) is 0 Å². The maximum Gasteiger partial charge on any atom is 0.137 e. The fraction of sp³-hybridized carbons (Fsp3) is 0.818. The second-order valence-electron chi connectivity index (χ2n) is 5.04. The molecule has 0 fully saturated rings. The van der Waals surface area contributed by atoms with Gasteiger partial charge in [0.05, 0.1) is 6.04 Å². The fourth-order valence-corrected chi connectivity index (χ4v) is 1.44. The topological polar surface area (TPSA) is 42.7 Å². The Labute approximate surface area is 92.1 Å². The van der Waals surface area contributed by atoms with E-state index in [1.165, 1.54) is 0 Å². The first-order chi connectivity index (χ1) is 6.99. The Hall–Kier alpha value is -0.900. The Balaban J connectivity index is 2.16. The zero-order valence-electron chi connectivity index (χ0n) is 10.2. The van der Waals surface area contributed by atoms with E-state index in [-0.39, 0.29) is 5.54 Å². The van der Waals surface area contributed by atoms with E-state index in [1.807, 2.05) is 4.68 Å². The van der Waals surface area contributed by atoms with Crippen LogP contribution in [-0.2, 0) is 0 Å². The second-order valence-corrected chi connectivity index (χ2v) is 5.04. The smallest absolute Gasteiger partial charge is 0.137 e. The molecule has 0 amide bonds. The van der Waals surface area contributed by atoms with Crippen molar-refractivity contribution in [3.8, 4) is 0 Å². The third-order valence-corrected chi connectivity index (χ3v) is 2.34. The predicted molar refractivity (Wildman–Crippen MR) is 61.7 cm³/mol. The summed E-state index contributed by atoms with van der Waals surface area (Å²) in [5.41, 5.74) is 0.219. The molecule has 0 aliphatic rings. The number of hydrogen-bond acceptors (Lipinski definition) is 3. The highest BCUT2D eigenvalue weighted by atomic mass is 15.3. The molecule has 0 spiro atoms. The summed E-state index contributed by atoms with van der Waals surface area (Å²) in [6.45, 7) is 9.80. The van der Waals surface area contributed by atoms with Gasteiger partial charge >= 0.3 is 0 Å². The van der Waals surface area contributed by atoms with Crippen molar-refractivity contribution in [2.75, 3.05) is 6.54 Å². The monoisotopic (exact) mass is 210 g/mol. The minimum atomic E-state index is 0.219. The van der Waals surface area contributed by atoms with E-state index in [0.717, 1.165) is 19.4 Å². The largest absolute Gasteiger partial charge is 0.312 e. The molecule has 1 rings (SSSR count). The van der Waals surface area contributed by atoms with E-state index in [9.17, 15) is 0 Å². The van der Waals surface area contributed by atoms with E-state index >= 15 is 0 Å². The van der Waals surface area contributed by atoms with Gasteiger partial charge in [-0.15, -0.1) is 0 Å². The molecule has 1 N–H and O–H groups in total. The molecular formula is C11H22N4. The summed E-state index contributed by atoms with van der Waals surface area (Å²) in [7, 11) is 0. The maximum absolute atomic E-state index is 4.13. The van der Waals surface area contributed by atoms with Crippen molar-refractivity contribution >= 4 is 0 Å². The summed E-state index contributed by atoms with van der Waals surface area (Å²) in [5.74, 6) is 0. The third-order valence-electron chi connectivity index (χ3n) is 2.34. The molecule has 0 radical (unpaired) electrons. The van der Waals surface area contributed by atoms with Gasteiger partial charge in [0.2, 0.25) is 0 Å². The number of hydrogen-bond donors (Lipinski definition) is 1. The zero-order valence-corrected chi connectivity index (χ0v) is 10.2. The standard InChI is InChI=1S/C11H22N4/c1-10(15-9-12-8-14-15)6-5-7-13-11(2,3)4/h8-10,13H,5-7H2,1-4H3. The Bertz CT molecular complexity index is 261. The normalized spacial score (nSPS) is 14.1. The van der Waals surface area contributed by atoms with Crippen LogP contribution in [0.15, 0.2) is 12.7 Å². The third kappa shape index (κ3) is 4.93. The Morgan fingerprint density at radius 1 is 1.40 bits per heavy atom. The van der Waals surface area contributed by atoms with Crippen molar-refractivity contribution < 1.29 is 0 Å². The van der Waals surface area contributed by atoms with Crippen molar-refractivity contribution in [2.45, 2.75) is 52.1 Å². The second kappa shape index (κ2) is 5.26. The van der Waals surface area contributed by atoms with Gasteiger partial charge in [-0.3, -0.25) is 4.68 Å². The predicted octanol–water partition coefficient (Wildman–Crippen LogP) is 2.01. The molecule has 0 aromatic carbocycles. The molecular weight excluding hydrogens is 188 g/mol. The van der Waals surface area contributed by atoms with Gasteiger partial charge in [0, 0.05) is 5.54 Å². The average molecular weight is 210 g/mol. The molecule has 1 heterocycles. The van der Waals surface area contributed by atoms with Crippen molar-refractivity contribution in [3.63, 3.8) is 0 Å². The molecule has 4 heteroatoms. The van der Waals surface area contributed by atoms with Crippen molar-refractivity contribution in [2.24, 2.45) is 0 Å². The number of rotatable bonds is 5. The van der Waals surface area contributed by atoms with Crippen LogP contribution in [0.25, 0.3) is 0 Å². The van der Waals surface area contributed by atoms with Crippen molar-refractivity contribution in [3.05, 3.63) is 12.7 Å². The number of aromatic nitrogens is 3.